The van der Waals surface area contributed by atoms with Gasteiger partial charge in [0.25, 0.3) is 0 Å². The number of ether oxygens (including phenoxy) is 1. The standard InChI is InChI=1S/C22H27N3O3/c1-16(21(26)23-19-8-10-20(28-2)11-9-19)17-12-14-25(15-13-17)22(27)24-18-6-4-3-5-7-18/h3-11,16-17H,12-15H2,1-2H3,(H,23,26)(H,24,27)/t16-/m1/s1. The van der Waals surface area contributed by atoms with Crippen LogP contribution in [0.3, 0.4) is 0 Å². The van der Waals surface area contributed by atoms with Gasteiger partial charge in [-0.1, -0.05) is 25.1 Å². The molecule has 0 bridgehead atoms. The zero-order valence-electron chi connectivity index (χ0n) is 16.4. The molecule has 3 rings (SSSR count). The van der Waals surface area contributed by atoms with Crippen LogP contribution in [0.5, 0.6) is 5.75 Å². The minimum absolute atomic E-state index is 0.0114. The maximum absolute atomic E-state index is 12.6. The van der Waals surface area contributed by atoms with Crippen molar-refractivity contribution in [1.82, 2.24) is 4.90 Å². The first-order valence-corrected chi connectivity index (χ1v) is 9.62. The molecule has 1 fully saturated rings. The molecule has 0 radical (unpaired) electrons. The first-order valence-electron chi connectivity index (χ1n) is 9.62. The molecule has 2 aromatic rings. The Kier molecular flexibility index (Phi) is 6.53. The van der Waals surface area contributed by atoms with Gasteiger partial charge in [-0.2, -0.15) is 0 Å². The van der Waals surface area contributed by atoms with E-state index in [1.807, 2.05) is 66.4 Å². The van der Waals surface area contributed by atoms with Crippen molar-refractivity contribution in [2.24, 2.45) is 11.8 Å². The van der Waals surface area contributed by atoms with E-state index < -0.39 is 0 Å². The third-order valence-corrected chi connectivity index (χ3v) is 5.33. The third kappa shape index (κ3) is 5.03. The zero-order chi connectivity index (χ0) is 19.9. The third-order valence-electron chi connectivity index (χ3n) is 5.33. The topological polar surface area (TPSA) is 70.7 Å². The number of carbonyl (C=O) groups excluding carboxylic acids is 2. The van der Waals surface area contributed by atoms with Crippen LogP contribution in [0, 0.1) is 11.8 Å². The van der Waals surface area contributed by atoms with E-state index in [-0.39, 0.29) is 23.8 Å². The van der Waals surface area contributed by atoms with Crippen LogP contribution >= 0.6 is 0 Å². The number of urea groups is 1. The number of benzene rings is 2. The number of hydrogen-bond donors (Lipinski definition) is 2. The molecule has 1 atom stereocenters. The normalized spacial score (nSPS) is 15.6. The number of piperidine rings is 1. The maximum Gasteiger partial charge on any atom is 0.321 e. The quantitative estimate of drug-likeness (QED) is 0.815. The van der Waals surface area contributed by atoms with Crippen molar-refractivity contribution in [3.63, 3.8) is 0 Å². The van der Waals surface area contributed by atoms with Crippen molar-refractivity contribution >= 4 is 23.3 Å². The number of hydrogen-bond acceptors (Lipinski definition) is 3. The molecule has 1 heterocycles. The van der Waals surface area contributed by atoms with Gasteiger partial charge in [0.2, 0.25) is 5.91 Å². The lowest BCUT2D eigenvalue weighted by Crippen LogP contribution is -2.43. The number of amides is 3. The van der Waals surface area contributed by atoms with E-state index in [0.717, 1.165) is 30.0 Å². The largest absolute Gasteiger partial charge is 0.497 e. The Morgan fingerprint density at radius 1 is 0.964 bits per heavy atom. The Bertz CT molecular complexity index is 784. The number of likely N-dealkylation sites (tertiary alicyclic amines) is 1. The number of methoxy groups -OCH3 is 1. The second-order valence-electron chi connectivity index (χ2n) is 7.13. The number of para-hydroxylation sites is 1. The fraction of sp³-hybridized carbons (Fsp3) is 0.364. The van der Waals surface area contributed by atoms with Gasteiger partial charge < -0.3 is 20.3 Å². The molecule has 0 spiro atoms. The van der Waals surface area contributed by atoms with Gasteiger partial charge in [-0.15, -0.1) is 0 Å². The molecule has 1 aliphatic heterocycles. The van der Waals surface area contributed by atoms with Gasteiger partial charge in [0, 0.05) is 30.4 Å². The monoisotopic (exact) mass is 381 g/mol. The van der Waals surface area contributed by atoms with Crippen molar-refractivity contribution in [3.8, 4) is 5.75 Å². The molecule has 28 heavy (non-hydrogen) atoms. The summed E-state index contributed by atoms with van der Waals surface area (Å²) in [5.41, 5.74) is 1.55. The Morgan fingerprint density at radius 3 is 2.18 bits per heavy atom. The van der Waals surface area contributed by atoms with Crippen molar-refractivity contribution in [3.05, 3.63) is 54.6 Å². The molecule has 2 N–H and O–H groups in total. The van der Waals surface area contributed by atoms with Crippen molar-refractivity contribution < 1.29 is 14.3 Å². The number of nitrogens with zero attached hydrogens (tertiary/aromatic N) is 1. The van der Waals surface area contributed by atoms with Crippen LogP contribution in [0.15, 0.2) is 54.6 Å². The van der Waals surface area contributed by atoms with Crippen LogP contribution in [0.4, 0.5) is 16.2 Å². The van der Waals surface area contributed by atoms with E-state index in [1.54, 1.807) is 7.11 Å². The molecule has 0 unspecified atom stereocenters. The second-order valence-corrected chi connectivity index (χ2v) is 7.13. The Hall–Kier alpha value is -3.02. The fourth-order valence-corrected chi connectivity index (χ4v) is 3.47. The summed E-state index contributed by atoms with van der Waals surface area (Å²) in [6.45, 7) is 3.27. The molecule has 0 saturated carbocycles. The minimum Gasteiger partial charge on any atom is -0.497 e. The molecule has 148 valence electrons. The second kappa shape index (κ2) is 9.26. The number of anilines is 2. The van der Waals surface area contributed by atoms with Gasteiger partial charge in [-0.25, -0.2) is 4.79 Å². The molecule has 1 saturated heterocycles. The zero-order valence-corrected chi connectivity index (χ0v) is 16.4. The number of rotatable bonds is 5. The van der Waals surface area contributed by atoms with Crippen LogP contribution in [0.2, 0.25) is 0 Å². The van der Waals surface area contributed by atoms with Gasteiger partial charge in [-0.05, 0) is 55.2 Å². The number of carbonyl (C=O) groups is 2. The van der Waals surface area contributed by atoms with Crippen LogP contribution in [0.25, 0.3) is 0 Å². The molecule has 0 aliphatic carbocycles. The lowest BCUT2D eigenvalue weighted by atomic mass is 9.85. The van der Waals surface area contributed by atoms with Gasteiger partial charge in [0.05, 0.1) is 7.11 Å². The number of nitrogens with one attached hydrogen (secondary N) is 2. The fourth-order valence-electron chi connectivity index (χ4n) is 3.47. The first kappa shape index (κ1) is 19.7. The van der Waals surface area contributed by atoms with Gasteiger partial charge in [0.15, 0.2) is 0 Å². The lowest BCUT2D eigenvalue weighted by Gasteiger charge is -2.34. The molecule has 1 aliphatic rings. The van der Waals surface area contributed by atoms with Crippen molar-refractivity contribution in [2.45, 2.75) is 19.8 Å². The molecule has 2 aromatic carbocycles. The van der Waals surface area contributed by atoms with Gasteiger partial charge >= 0.3 is 6.03 Å². The Morgan fingerprint density at radius 2 is 1.57 bits per heavy atom. The molecule has 3 amide bonds. The van der Waals surface area contributed by atoms with Crippen LogP contribution in [-0.4, -0.2) is 37.0 Å². The van der Waals surface area contributed by atoms with Crippen LogP contribution in [-0.2, 0) is 4.79 Å². The molecule has 6 heteroatoms. The predicted molar refractivity (Wildman–Crippen MR) is 111 cm³/mol. The highest BCUT2D eigenvalue weighted by Crippen LogP contribution is 2.27. The molecular formula is C22H27N3O3. The summed E-state index contributed by atoms with van der Waals surface area (Å²) < 4.78 is 5.13. The van der Waals surface area contributed by atoms with E-state index in [9.17, 15) is 9.59 Å². The van der Waals surface area contributed by atoms with Gasteiger partial charge in [0.1, 0.15) is 5.75 Å². The highest BCUT2D eigenvalue weighted by molar-refractivity contribution is 5.92. The minimum atomic E-state index is -0.110. The molecule has 0 aromatic heterocycles. The van der Waals surface area contributed by atoms with E-state index in [1.165, 1.54) is 0 Å². The first-order chi connectivity index (χ1) is 13.6. The summed E-state index contributed by atoms with van der Waals surface area (Å²) in [6.07, 6.45) is 1.64. The highest BCUT2D eigenvalue weighted by Gasteiger charge is 2.29. The van der Waals surface area contributed by atoms with Crippen LogP contribution in [0.1, 0.15) is 19.8 Å². The highest BCUT2D eigenvalue weighted by atomic mass is 16.5. The van der Waals surface area contributed by atoms with Gasteiger partial charge in [-0.3, -0.25) is 4.79 Å². The Labute approximate surface area is 165 Å². The summed E-state index contributed by atoms with van der Waals surface area (Å²) in [7, 11) is 1.61. The summed E-state index contributed by atoms with van der Waals surface area (Å²) >= 11 is 0. The van der Waals surface area contributed by atoms with E-state index >= 15 is 0 Å². The molecule has 6 nitrogen and oxygen atoms in total. The smallest absolute Gasteiger partial charge is 0.321 e. The average Bonchev–Trinajstić information content (AvgIpc) is 2.74. The summed E-state index contributed by atoms with van der Waals surface area (Å²) in [5, 5.41) is 5.89. The predicted octanol–water partition coefficient (Wildman–Crippen LogP) is 4.21. The summed E-state index contributed by atoms with van der Waals surface area (Å²) in [6, 6.07) is 16.7. The van der Waals surface area contributed by atoms with Crippen molar-refractivity contribution in [1.29, 1.82) is 0 Å². The van der Waals surface area contributed by atoms with Crippen molar-refractivity contribution in [2.75, 3.05) is 30.8 Å². The van der Waals surface area contributed by atoms with Crippen LogP contribution < -0.4 is 15.4 Å². The van der Waals surface area contributed by atoms with E-state index in [2.05, 4.69) is 10.6 Å². The summed E-state index contributed by atoms with van der Waals surface area (Å²) in [5.74, 6) is 0.921. The summed E-state index contributed by atoms with van der Waals surface area (Å²) in [4.78, 5) is 26.8. The SMILES string of the molecule is COc1ccc(NC(=O)[C@H](C)C2CCN(C(=O)Nc3ccccc3)CC2)cc1. The van der Waals surface area contributed by atoms with E-state index in [4.69, 9.17) is 4.74 Å². The molecular weight excluding hydrogens is 354 g/mol. The lowest BCUT2D eigenvalue weighted by molar-refractivity contribution is -0.121. The maximum atomic E-state index is 12.6. The average molecular weight is 381 g/mol. The van der Waals surface area contributed by atoms with E-state index in [0.29, 0.717) is 13.1 Å². The Balaban J connectivity index is 1.47.